The molecule has 122 valence electrons. The van der Waals surface area contributed by atoms with Gasteiger partial charge in [-0.2, -0.15) is 0 Å². The van der Waals surface area contributed by atoms with Gasteiger partial charge in [0.2, 0.25) is 10.0 Å². The fourth-order valence-corrected chi connectivity index (χ4v) is 3.46. The second-order valence-electron chi connectivity index (χ2n) is 5.39. The number of nitrogens with one attached hydrogen (secondary N) is 1. The highest BCUT2D eigenvalue weighted by Gasteiger charge is 2.13. The summed E-state index contributed by atoms with van der Waals surface area (Å²) >= 11 is 0. The molecule has 0 aliphatic carbocycles. The average Bonchev–Trinajstić information content (AvgIpc) is 2.63. The van der Waals surface area contributed by atoms with Crippen molar-refractivity contribution in [2.75, 3.05) is 6.54 Å². The summed E-state index contributed by atoms with van der Waals surface area (Å²) in [6.45, 7) is 0.373. The number of aromatic nitrogens is 1. The van der Waals surface area contributed by atoms with Crippen LogP contribution in [0, 0.1) is 0 Å². The van der Waals surface area contributed by atoms with Crippen LogP contribution in [0.15, 0.2) is 84.0 Å². The van der Waals surface area contributed by atoms with Crippen LogP contribution >= 0.6 is 0 Å². The number of hydrogen-bond donors (Lipinski definition) is 1. The number of nitrogens with zero attached hydrogens (tertiary/aromatic N) is 1. The molecular weight excluding hydrogens is 320 g/mol. The van der Waals surface area contributed by atoms with E-state index in [0.29, 0.717) is 13.0 Å². The van der Waals surface area contributed by atoms with E-state index in [-0.39, 0.29) is 4.90 Å². The minimum absolute atomic E-state index is 0.272. The lowest BCUT2D eigenvalue weighted by atomic mass is 10.1. The highest BCUT2D eigenvalue weighted by molar-refractivity contribution is 7.89. The van der Waals surface area contributed by atoms with E-state index in [1.54, 1.807) is 36.7 Å². The minimum atomic E-state index is -3.49. The molecular formula is C19H18N2O2S. The molecule has 0 atom stereocenters. The van der Waals surface area contributed by atoms with E-state index in [1.165, 1.54) is 0 Å². The second kappa shape index (κ2) is 7.38. The Bertz CT molecular complexity index is 878. The number of rotatable bonds is 6. The zero-order valence-electron chi connectivity index (χ0n) is 13.1. The van der Waals surface area contributed by atoms with Gasteiger partial charge in [0.15, 0.2) is 0 Å². The molecule has 2 aromatic carbocycles. The van der Waals surface area contributed by atoms with Gasteiger partial charge in [-0.05, 0) is 47.4 Å². The molecule has 3 aromatic rings. The van der Waals surface area contributed by atoms with Crippen LogP contribution in [0.3, 0.4) is 0 Å². The highest BCUT2D eigenvalue weighted by atomic mass is 32.2. The van der Waals surface area contributed by atoms with Gasteiger partial charge in [-0.15, -0.1) is 0 Å². The van der Waals surface area contributed by atoms with E-state index in [9.17, 15) is 8.42 Å². The molecule has 1 aromatic heterocycles. The van der Waals surface area contributed by atoms with E-state index >= 15 is 0 Å². The Balaban J connectivity index is 1.66. The third-order valence-corrected chi connectivity index (χ3v) is 5.20. The molecule has 0 bridgehead atoms. The molecule has 0 fully saturated rings. The topological polar surface area (TPSA) is 59.1 Å². The lowest BCUT2D eigenvalue weighted by Crippen LogP contribution is -2.25. The Kier molecular flexibility index (Phi) is 5.03. The van der Waals surface area contributed by atoms with Gasteiger partial charge in [-0.3, -0.25) is 4.98 Å². The van der Waals surface area contributed by atoms with Gasteiger partial charge < -0.3 is 0 Å². The average molecular weight is 338 g/mol. The minimum Gasteiger partial charge on any atom is -0.265 e. The molecule has 3 rings (SSSR count). The summed E-state index contributed by atoms with van der Waals surface area (Å²) in [5.41, 5.74) is 3.07. The lowest BCUT2D eigenvalue weighted by molar-refractivity contribution is 0.581. The predicted octanol–water partition coefficient (Wildman–Crippen LogP) is 3.27. The molecule has 1 heterocycles. The van der Waals surface area contributed by atoms with E-state index in [2.05, 4.69) is 9.71 Å². The second-order valence-corrected chi connectivity index (χ2v) is 7.16. The summed E-state index contributed by atoms with van der Waals surface area (Å²) in [6, 6.07) is 20.4. The SMILES string of the molecule is O=S(=O)(NCCc1ccccc1)c1ccc(-c2ccncc2)cc1. The third kappa shape index (κ3) is 4.07. The van der Waals surface area contributed by atoms with Crippen molar-refractivity contribution >= 4 is 10.0 Å². The van der Waals surface area contributed by atoms with Gasteiger partial charge in [0.25, 0.3) is 0 Å². The zero-order valence-corrected chi connectivity index (χ0v) is 13.9. The fraction of sp³-hybridized carbons (Fsp3) is 0.105. The Hall–Kier alpha value is -2.50. The largest absolute Gasteiger partial charge is 0.265 e. The summed E-state index contributed by atoms with van der Waals surface area (Å²) in [4.78, 5) is 4.25. The Morgan fingerprint density at radius 2 is 1.42 bits per heavy atom. The number of hydrogen-bond acceptors (Lipinski definition) is 3. The molecule has 1 N–H and O–H groups in total. The van der Waals surface area contributed by atoms with Gasteiger partial charge >= 0.3 is 0 Å². The van der Waals surface area contributed by atoms with Gasteiger partial charge in [-0.1, -0.05) is 42.5 Å². The van der Waals surface area contributed by atoms with Crippen LogP contribution in [0.2, 0.25) is 0 Å². The maximum absolute atomic E-state index is 12.3. The summed E-state index contributed by atoms with van der Waals surface area (Å²) < 4.78 is 27.3. The summed E-state index contributed by atoms with van der Waals surface area (Å²) in [7, 11) is -3.49. The van der Waals surface area contributed by atoms with Crippen molar-refractivity contribution in [2.45, 2.75) is 11.3 Å². The highest BCUT2D eigenvalue weighted by Crippen LogP contribution is 2.20. The Labute approximate surface area is 142 Å². The molecule has 0 unspecified atom stereocenters. The first kappa shape index (κ1) is 16.4. The van der Waals surface area contributed by atoms with Crippen molar-refractivity contribution in [3.63, 3.8) is 0 Å². The smallest absolute Gasteiger partial charge is 0.240 e. The lowest BCUT2D eigenvalue weighted by Gasteiger charge is -2.08. The van der Waals surface area contributed by atoms with Crippen LogP contribution in [-0.2, 0) is 16.4 Å². The standard InChI is InChI=1S/C19H18N2O2S/c22-24(23,21-15-10-16-4-2-1-3-5-16)19-8-6-17(7-9-19)18-11-13-20-14-12-18/h1-9,11-14,21H,10,15H2. The van der Waals surface area contributed by atoms with E-state index in [1.807, 2.05) is 42.5 Å². The summed E-state index contributed by atoms with van der Waals surface area (Å²) in [5.74, 6) is 0. The maximum atomic E-state index is 12.3. The number of benzene rings is 2. The van der Waals surface area contributed by atoms with Gasteiger partial charge in [0.05, 0.1) is 4.90 Å². The number of pyridine rings is 1. The monoisotopic (exact) mass is 338 g/mol. The number of sulfonamides is 1. The molecule has 0 spiro atoms. The zero-order chi connectivity index (χ0) is 16.8. The maximum Gasteiger partial charge on any atom is 0.240 e. The van der Waals surface area contributed by atoms with E-state index < -0.39 is 10.0 Å². The van der Waals surface area contributed by atoms with Crippen LogP contribution in [0.25, 0.3) is 11.1 Å². The summed E-state index contributed by atoms with van der Waals surface area (Å²) in [5, 5.41) is 0. The van der Waals surface area contributed by atoms with Crippen LogP contribution in [-0.4, -0.2) is 19.9 Å². The van der Waals surface area contributed by atoms with Crippen molar-refractivity contribution in [3.8, 4) is 11.1 Å². The van der Waals surface area contributed by atoms with Gasteiger partial charge in [0.1, 0.15) is 0 Å². The molecule has 0 radical (unpaired) electrons. The Morgan fingerprint density at radius 3 is 2.08 bits per heavy atom. The molecule has 0 saturated heterocycles. The first-order chi connectivity index (χ1) is 11.6. The molecule has 4 nitrogen and oxygen atoms in total. The quantitative estimate of drug-likeness (QED) is 0.750. The fourth-order valence-electron chi connectivity index (χ4n) is 2.43. The van der Waals surface area contributed by atoms with Crippen LogP contribution in [0.1, 0.15) is 5.56 Å². The van der Waals surface area contributed by atoms with Crippen molar-refractivity contribution in [1.29, 1.82) is 0 Å². The van der Waals surface area contributed by atoms with Crippen LogP contribution in [0.4, 0.5) is 0 Å². The van der Waals surface area contributed by atoms with E-state index in [4.69, 9.17) is 0 Å². The molecule has 24 heavy (non-hydrogen) atoms. The van der Waals surface area contributed by atoms with Gasteiger partial charge in [-0.25, -0.2) is 13.1 Å². The van der Waals surface area contributed by atoms with Crippen molar-refractivity contribution in [1.82, 2.24) is 9.71 Å². The predicted molar refractivity (Wildman–Crippen MR) is 95.0 cm³/mol. The molecule has 0 amide bonds. The van der Waals surface area contributed by atoms with Crippen molar-refractivity contribution < 1.29 is 8.42 Å². The first-order valence-corrected chi connectivity index (χ1v) is 9.17. The van der Waals surface area contributed by atoms with Crippen molar-refractivity contribution in [2.24, 2.45) is 0 Å². The third-order valence-electron chi connectivity index (χ3n) is 3.73. The molecule has 0 aliphatic heterocycles. The summed E-state index contributed by atoms with van der Waals surface area (Å²) in [6.07, 6.45) is 4.09. The van der Waals surface area contributed by atoms with Gasteiger partial charge in [0, 0.05) is 18.9 Å². The van der Waals surface area contributed by atoms with Crippen LogP contribution < -0.4 is 4.72 Å². The molecule has 0 aliphatic rings. The normalized spacial score (nSPS) is 11.3. The molecule has 5 heteroatoms. The first-order valence-electron chi connectivity index (χ1n) is 7.69. The Morgan fingerprint density at radius 1 is 0.792 bits per heavy atom. The van der Waals surface area contributed by atoms with E-state index in [0.717, 1.165) is 16.7 Å². The van der Waals surface area contributed by atoms with Crippen LogP contribution in [0.5, 0.6) is 0 Å². The van der Waals surface area contributed by atoms with Crippen molar-refractivity contribution in [3.05, 3.63) is 84.7 Å². The molecule has 0 saturated carbocycles.